The monoisotopic (exact) mass is 394 g/mol. The van der Waals surface area contributed by atoms with E-state index >= 15 is 0 Å². The van der Waals surface area contributed by atoms with Gasteiger partial charge in [0.25, 0.3) is 0 Å². The number of aryl methyl sites for hydroxylation is 1. The molecule has 0 atom stereocenters. The van der Waals surface area contributed by atoms with Crippen LogP contribution in [0.1, 0.15) is 12.1 Å². The second-order valence-corrected chi connectivity index (χ2v) is 7.40. The molecule has 1 fully saturated rings. The van der Waals surface area contributed by atoms with E-state index in [4.69, 9.17) is 4.74 Å². The lowest BCUT2D eigenvalue weighted by Gasteiger charge is -2.30. The van der Waals surface area contributed by atoms with Gasteiger partial charge in [0.2, 0.25) is 5.91 Å². The first-order chi connectivity index (χ1) is 13.8. The Morgan fingerprint density at radius 1 is 1.14 bits per heavy atom. The Hall–Kier alpha value is -2.77. The van der Waals surface area contributed by atoms with E-state index in [1.165, 1.54) is 0 Å². The number of hydrogen-bond donors (Lipinski definition) is 1. The van der Waals surface area contributed by atoms with Crippen molar-refractivity contribution in [3.63, 3.8) is 0 Å². The van der Waals surface area contributed by atoms with E-state index in [9.17, 15) is 4.79 Å². The van der Waals surface area contributed by atoms with Gasteiger partial charge >= 0.3 is 0 Å². The number of benzene rings is 1. The molecule has 2 aromatic heterocycles. The summed E-state index contributed by atoms with van der Waals surface area (Å²) < 4.78 is 5.43. The van der Waals surface area contributed by atoms with Gasteiger partial charge in [0.15, 0.2) is 0 Å². The van der Waals surface area contributed by atoms with Crippen molar-refractivity contribution in [3.8, 4) is 10.6 Å². The number of hydrogen-bond acceptors (Lipinski definition) is 6. The third kappa shape index (κ3) is 4.55. The second kappa shape index (κ2) is 8.95. The fourth-order valence-electron chi connectivity index (χ4n) is 3.16. The summed E-state index contributed by atoms with van der Waals surface area (Å²) in [5.74, 6) is -0.000768. The number of pyridine rings is 1. The van der Waals surface area contributed by atoms with Gasteiger partial charge in [0, 0.05) is 42.8 Å². The minimum Gasteiger partial charge on any atom is -0.378 e. The summed E-state index contributed by atoms with van der Waals surface area (Å²) >= 11 is 1.59. The van der Waals surface area contributed by atoms with E-state index in [0.717, 1.165) is 40.7 Å². The smallest absolute Gasteiger partial charge is 0.224 e. The number of thiazole rings is 1. The molecule has 0 radical (unpaired) electrons. The molecule has 0 saturated carbocycles. The Morgan fingerprint density at radius 3 is 2.75 bits per heavy atom. The number of carbonyl (C=O) groups is 1. The molecule has 1 N–H and O–H groups in total. The molecule has 1 saturated heterocycles. The van der Waals surface area contributed by atoms with Crippen LogP contribution in [0.2, 0.25) is 0 Å². The molecule has 7 heteroatoms. The standard InChI is InChI=1S/C21H22N4O2S/c26-20(6-5-17-15-28-21(23-17)16-7-9-22-10-8-16)24-18-3-1-2-4-19(18)25-11-13-27-14-12-25/h1-4,7-10,15H,5-6,11-14H2,(H,24,26). The summed E-state index contributed by atoms with van der Waals surface area (Å²) in [7, 11) is 0. The molecule has 4 rings (SSSR count). The van der Waals surface area contributed by atoms with Crippen molar-refractivity contribution in [1.29, 1.82) is 0 Å². The number of ether oxygens (including phenoxy) is 1. The van der Waals surface area contributed by atoms with E-state index in [2.05, 4.69) is 20.2 Å². The van der Waals surface area contributed by atoms with Crippen LogP contribution in [0.15, 0.2) is 54.2 Å². The molecule has 0 bridgehead atoms. The van der Waals surface area contributed by atoms with Crippen LogP contribution >= 0.6 is 11.3 Å². The minimum atomic E-state index is -0.000768. The third-order valence-corrected chi connectivity index (χ3v) is 5.56. The average molecular weight is 395 g/mol. The van der Waals surface area contributed by atoms with Gasteiger partial charge in [0.1, 0.15) is 5.01 Å². The highest BCUT2D eigenvalue weighted by atomic mass is 32.1. The van der Waals surface area contributed by atoms with Crippen molar-refractivity contribution in [3.05, 3.63) is 59.9 Å². The summed E-state index contributed by atoms with van der Waals surface area (Å²) in [5.41, 5.74) is 3.89. The fraction of sp³-hybridized carbons (Fsp3) is 0.286. The lowest BCUT2D eigenvalue weighted by atomic mass is 10.2. The summed E-state index contributed by atoms with van der Waals surface area (Å²) in [6.45, 7) is 3.10. The van der Waals surface area contributed by atoms with Crippen molar-refractivity contribution >= 4 is 28.6 Å². The Bertz CT molecular complexity index is 923. The third-order valence-electron chi connectivity index (χ3n) is 4.62. The van der Waals surface area contributed by atoms with Crippen molar-refractivity contribution in [2.75, 3.05) is 36.5 Å². The molecule has 3 aromatic rings. The van der Waals surface area contributed by atoms with Gasteiger partial charge in [-0.05, 0) is 30.7 Å². The maximum atomic E-state index is 12.5. The molecule has 1 aromatic carbocycles. The van der Waals surface area contributed by atoms with E-state index < -0.39 is 0 Å². The number of para-hydroxylation sites is 2. The highest BCUT2D eigenvalue weighted by Gasteiger charge is 2.16. The van der Waals surface area contributed by atoms with Gasteiger partial charge in [-0.2, -0.15) is 0 Å². The van der Waals surface area contributed by atoms with E-state index in [1.54, 1.807) is 23.7 Å². The first-order valence-corrected chi connectivity index (χ1v) is 10.2. The molecular weight excluding hydrogens is 372 g/mol. The molecule has 0 spiro atoms. The molecular formula is C21H22N4O2S. The largest absolute Gasteiger partial charge is 0.378 e. The lowest BCUT2D eigenvalue weighted by molar-refractivity contribution is -0.116. The second-order valence-electron chi connectivity index (χ2n) is 6.54. The first kappa shape index (κ1) is 18.6. The summed E-state index contributed by atoms with van der Waals surface area (Å²) in [4.78, 5) is 23.4. The van der Waals surface area contributed by atoms with Crippen LogP contribution in [0.5, 0.6) is 0 Å². The van der Waals surface area contributed by atoms with Gasteiger partial charge in [-0.15, -0.1) is 11.3 Å². The van der Waals surface area contributed by atoms with Gasteiger partial charge in [0.05, 0.1) is 30.3 Å². The van der Waals surface area contributed by atoms with E-state index in [1.807, 2.05) is 41.8 Å². The maximum absolute atomic E-state index is 12.5. The quantitative estimate of drug-likeness (QED) is 0.692. The number of carbonyl (C=O) groups excluding carboxylic acids is 1. The number of morpholine rings is 1. The van der Waals surface area contributed by atoms with Crippen LogP contribution in [0.4, 0.5) is 11.4 Å². The van der Waals surface area contributed by atoms with Crippen LogP contribution in [0.25, 0.3) is 10.6 Å². The molecule has 28 heavy (non-hydrogen) atoms. The fourth-order valence-corrected chi connectivity index (χ4v) is 4.02. The molecule has 3 heterocycles. The topological polar surface area (TPSA) is 67.4 Å². The van der Waals surface area contributed by atoms with Crippen molar-refractivity contribution in [2.45, 2.75) is 12.8 Å². The SMILES string of the molecule is O=C(CCc1csc(-c2ccncc2)n1)Nc1ccccc1N1CCOCC1. The molecule has 1 amide bonds. The summed E-state index contributed by atoms with van der Waals surface area (Å²) in [6.07, 6.45) is 4.54. The lowest BCUT2D eigenvalue weighted by Crippen LogP contribution is -2.36. The van der Waals surface area contributed by atoms with Gasteiger partial charge in [-0.25, -0.2) is 4.98 Å². The Balaban J connectivity index is 1.36. The highest BCUT2D eigenvalue weighted by Crippen LogP contribution is 2.27. The number of nitrogens with zero attached hydrogens (tertiary/aromatic N) is 3. The number of anilines is 2. The Morgan fingerprint density at radius 2 is 1.93 bits per heavy atom. The number of rotatable bonds is 6. The highest BCUT2D eigenvalue weighted by molar-refractivity contribution is 7.13. The minimum absolute atomic E-state index is 0.000768. The molecule has 0 unspecified atom stereocenters. The normalized spacial score (nSPS) is 14.1. The van der Waals surface area contributed by atoms with Crippen LogP contribution < -0.4 is 10.2 Å². The average Bonchev–Trinajstić information content (AvgIpc) is 3.23. The molecule has 1 aliphatic rings. The van der Waals surface area contributed by atoms with Crippen molar-refractivity contribution in [2.24, 2.45) is 0 Å². The maximum Gasteiger partial charge on any atom is 0.224 e. The predicted octanol–water partition coefficient (Wildman–Crippen LogP) is 3.61. The Kier molecular flexibility index (Phi) is 5.94. The van der Waals surface area contributed by atoms with Crippen LogP contribution in [0, 0.1) is 0 Å². The van der Waals surface area contributed by atoms with Crippen molar-refractivity contribution in [1.82, 2.24) is 9.97 Å². The Labute approximate surface area is 168 Å². The van der Waals surface area contributed by atoms with Crippen LogP contribution in [-0.4, -0.2) is 42.2 Å². The van der Waals surface area contributed by atoms with Crippen LogP contribution in [-0.2, 0) is 16.0 Å². The molecule has 144 valence electrons. The number of nitrogens with one attached hydrogen (secondary N) is 1. The summed E-state index contributed by atoms with van der Waals surface area (Å²) in [5, 5.41) is 6.04. The van der Waals surface area contributed by atoms with Gasteiger partial charge < -0.3 is 15.0 Å². The van der Waals surface area contributed by atoms with E-state index in [0.29, 0.717) is 26.1 Å². The molecule has 1 aliphatic heterocycles. The predicted molar refractivity (Wildman–Crippen MR) is 112 cm³/mol. The zero-order valence-electron chi connectivity index (χ0n) is 15.5. The first-order valence-electron chi connectivity index (χ1n) is 9.36. The van der Waals surface area contributed by atoms with Gasteiger partial charge in [-0.1, -0.05) is 12.1 Å². The van der Waals surface area contributed by atoms with E-state index in [-0.39, 0.29) is 5.91 Å². The molecule has 0 aliphatic carbocycles. The number of aromatic nitrogens is 2. The zero-order valence-corrected chi connectivity index (χ0v) is 16.3. The van der Waals surface area contributed by atoms with Crippen molar-refractivity contribution < 1.29 is 9.53 Å². The number of amides is 1. The molecule has 6 nitrogen and oxygen atoms in total. The van der Waals surface area contributed by atoms with Gasteiger partial charge in [-0.3, -0.25) is 9.78 Å². The summed E-state index contributed by atoms with van der Waals surface area (Å²) in [6, 6.07) is 11.8. The van der Waals surface area contributed by atoms with Crippen LogP contribution in [0.3, 0.4) is 0 Å². The zero-order chi connectivity index (χ0) is 19.2.